The van der Waals surface area contributed by atoms with E-state index in [0.29, 0.717) is 57.4 Å². The molecule has 3 aromatic carbocycles. The molecule has 6 bridgehead atoms. The summed E-state index contributed by atoms with van der Waals surface area (Å²) in [5.74, 6) is 1.26. The number of halogens is 2. The highest BCUT2D eigenvalue weighted by Crippen LogP contribution is 2.24. The summed E-state index contributed by atoms with van der Waals surface area (Å²) in [6.07, 6.45) is 2.78. The molecule has 0 aliphatic carbocycles. The van der Waals surface area contributed by atoms with Crippen molar-refractivity contribution < 1.29 is 9.59 Å². The molecule has 0 aromatic heterocycles. The van der Waals surface area contributed by atoms with Crippen molar-refractivity contribution in [2.75, 3.05) is 0 Å². The van der Waals surface area contributed by atoms with Gasteiger partial charge in [-0.2, -0.15) is 0 Å². The molecule has 0 spiro atoms. The zero-order valence-electron chi connectivity index (χ0n) is 26.9. The van der Waals surface area contributed by atoms with E-state index in [9.17, 15) is 9.59 Å². The molecular formula is C37H47Br2N3O2. The maximum atomic E-state index is 13.6. The van der Waals surface area contributed by atoms with Crippen LogP contribution in [0.25, 0.3) is 0 Å². The summed E-state index contributed by atoms with van der Waals surface area (Å²) in [6, 6.07) is 19.5. The highest BCUT2D eigenvalue weighted by atomic mass is 79.9. The fourth-order valence-corrected chi connectivity index (χ4v) is 6.97. The maximum absolute atomic E-state index is 13.6. The number of nitrogens with zero attached hydrogens (tertiary/aromatic N) is 2. The fraction of sp³-hybridized carbons (Fsp3) is 0.459. The Bertz CT molecular complexity index is 1350. The summed E-state index contributed by atoms with van der Waals surface area (Å²) >= 11 is 7.45. The molecule has 0 saturated heterocycles. The highest BCUT2D eigenvalue weighted by molar-refractivity contribution is 9.10. The molecule has 0 atom stereocenters. The predicted molar refractivity (Wildman–Crippen MR) is 187 cm³/mol. The number of amides is 2. The van der Waals surface area contributed by atoms with Gasteiger partial charge in [0.25, 0.3) is 0 Å². The second kappa shape index (κ2) is 16.2. The van der Waals surface area contributed by atoms with Gasteiger partial charge in [-0.3, -0.25) is 9.59 Å². The minimum atomic E-state index is 0.161. The van der Waals surface area contributed by atoms with E-state index >= 15 is 0 Å². The molecule has 44 heavy (non-hydrogen) atoms. The molecule has 5 nitrogen and oxygen atoms in total. The lowest BCUT2D eigenvalue weighted by molar-refractivity contribution is -0.133. The summed E-state index contributed by atoms with van der Waals surface area (Å²) < 4.78 is 1.97. The fourth-order valence-electron chi connectivity index (χ4n) is 5.79. The zero-order valence-corrected chi connectivity index (χ0v) is 30.1. The molecule has 236 valence electrons. The normalized spacial score (nSPS) is 14.5. The molecule has 7 heteroatoms. The van der Waals surface area contributed by atoms with Crippen molar-refractivity contribution in [2.24, 2.45) is 11.8 Å². The minimum absolute atomic E-state index is 0.161. The molecule has 1 aliphatic heterocycles. The summed E-state index contributed by atoms with van der Waals surface area (Å²) in [7, 11) is 0. The van der Waals surface area contributed by atoms with E-state index in [2.05, 4.69) is 126 Å². The Morgan fingerprint density at radius 2 is 0.955 bits per heavy atom. The first-order valence-corrected chi connectivity index (χ1v) is 17.4. The predicted octanol–water partition coefficient (Wildman–Crippen LogP) is 9.05. The third-order valence-electron chi connectivity index (χ3n) is 7.96. The largest absolute Gasteiger partial charge is 0.334 e. The Morgan fingerprint density at radius 1 is 0.614 bits per heavy atom. The molecule has 1 N–H and O–H groups in total. The minimum Gasteiger partial charge on any atom is -0.334 e. The van der Waals surface area contributed by atoms with Gasteiger partial charge in [-0.1, -0.05) is 95.5 Å². The monoisotopic (exact) mass is 723 g/mol. The highest BCUT2D eigenvalue weighted by Gasteiger charge is 2.20. The van der Waals surface area contributed by atoms with E-state index in [1.54, 1.807) is 0 Å². The first kappa shape index (κ1) is 34.4. The van der Waals surface area contributed by atoms with Gasteiger partial charge in [0.15, 0.2) is 0 Å². The van der Waals surface area contributed by atoms with Crippen molar-refractivity contribution in [2.45, 2.75) is 99.6 Å². The number of carbonyl (C=O) groups is 2. The van der Waals surface area contributed by atoms with Gasteiger partial charge < -0.3 is 15.1 Å². The van der Waals surface area contributed by atoms with Crippen molar-refractivity contribution in [3.05, 3.63) is 102 Å². The number of benzene rings is 3. The van der Waals surface area contributed by atoms with Crippen LogP contribution < -0.4 is 5.32 Å². The van der Waals surface area contributed by atoms with E-state index in [0.717, 1.165) is 50.6 Å². The van der Waals surface area contributed by atoms with E-state index in [-0.39, 0.29) is 11.8 Å². The van der Waals surface area contributed by atoms with E-state index < -0.39 is 0 Å². The number of rotatable bonds is 6. The lowest BCUT2D eigenvalue weighted by Gasteiger charge is -2.26. The average Bonchev–Trinajstić information content (AvgIpc) is 2.92. The molecule has 1 heterocycles. The van der Waals surface area contributed by atoms with Gasteiger partial charge in [0, 0.05) is 61.1 Å². The van der Waals surface area contributed by atoms with Crippen LogP contribution in [0.3, 0.4) is 0 Å². The molecule has 2 amide bonds. The van der Waals surface area contributed by atoms with Gasteiger partial charge in [-0.15, -0.1) is 0 Å². The Morgan fingerprint density at radius 3 is 1.39 bits per heavy atom. The Balaban J connectivity index is 1.74. The van der Waals surface area contributed by atoms with Gasteiger partial charge in [0.1, 0.15) is 0 Å². The van der Waals surface area contributed by atoms with Crippen LogP contribution in [-0.4, -0.2) is 21.6 Å². The quantitative estimate of drug-likeness (QED) is 0.276. The number of hydrogen-bond donors (Lipinski definition) is 1. The number of hydrogen-bond acceptors (Lipinski definition) is 3. The molecule has 0 unspecified atom stereocenters. The summed E-state index contributed by atoms with van der Waals surface area (Å²) in [5, 5.41) is 3.62. The zero-order chi connectivity index (χ0) is 31.8. The van der Waals surface area contributed by atoms with Crippen molar-refractivity contribution >= 4 is 43.7 Å². The first-order valence-electron chi connectivity index (χ1n) is 15.9. The first-order chi connectivity index (χ1) is 20.9. The number of aryl methyl sites for hydroxylation is 1. The number of fused-ring (bicyclic) bond motifs is 6. The van der Waals surface area contributed by atoms with Crippen molar-refractivity contribution in [1.29, 1.82) is 0 Å². The van der Waals surface area contributed by atoms with Gasteiger partial charge in [-0.05, 0) is 89.2 Å². The van der Waals surface area contributed by atoms with Gasteiger partial charge in [0.2, 0.25) is 11.8 Å². The number of carbonyl (C=O) groups excluding carboxylic acids is 2. The molecule has 1 aliphatic rings. The van der Waals surface area contributed by atoms with Crippen LogP contribution in [0.2, 0.25) is 0 Å². The summed E-state index contributed by atoms with van der Waals surface area (Å²) in [5.41, 5.74) is 7.93. The standard InChI is InChI=1S/C37H47Br2N3O2/c1-25(2)6-8-36(43)41-21-30-11-27(5)10-28(12-30)19-40-20-29-13-31(16-34(38)15-29)22-42(37(44)9-7-26(3)4)24-33-14-32(23-41)17-35(39)18-33/h10-18,25-26,40H,6-9,19-24H2,1-5H3. The van der Waals surface area contributed by atoms with Crippen LogP contribution in [0.4, 0.5) is 0 Å². The molecular weight excluding hydrogens is 678 g/mol. The average molecular weight is 726 g/mol. The second-order valence-corrected chi connectivity index (χ2v) is 15.1. The lowest BCUT2D eigenvalue weighted by atomic mass is 10.0. The van der Waals surface area contributed by atoms with Gasteiger partial charge in [0.05, 0.1) is 0 Å². The van der Waals surface area contributed by atoms with Gasteiger partial charge in [-0.25, -0.2) is 0 Å². The van der Waals surface area contributed by atoms with E-state index in [1.807, 2.05) is 9.80 Å². The topological polar surface area (TPSA) is 52.7 Å². The Hall–Kier alpha value is -2.48. The molecule has 0 saturated carbocycles. The molecule has 3 aromatic rings. The van der Waals surface area contributed by atoms with Gasteiger partial charge >= 0.3 is 0 Å². The molecule has 0 fully saturated rings. The third-order valence-corrected chi connectivity index (χ3v) is 8.88. The second-order valence-electron chi connectivity index (χ2n) is 13.2. The summed E-state index contributed by atoms with van der Waals surface area (Å²) in [6.45, 7) is 14.3. The van der Waals surface area contributed by atoms with E-state index in [1.165, 1.54) is 16.7 Å². The van der Waals surface area contributed by atoms with Crippen LogP contribution in [0.5, 0.6) is 0 Å². The molecule has 4 rings (SSSR count). The van der Waals surface area contributed by atoms with Crippen LogP contribution in [0, 0.1) is 18.8 Å². The smallest absolute Gasteiger partial charge is 0.223 e. The van der Waals surface area contributed by atoms with Crippen molar-refractivity contribution in [3.8, 4) is 0 Å². The third kappa shape index (κ3) is 10.8. The van der Waals surface area contributed by atoms with Crippen LogP contribution in [-0.2, 0) is 48.9 Å². The van der Waals surface area contributed by atoms with E-state index in [4.69, 9.17) is 0 Å². The summed E-state index contributed by atoms with van der Waals surface area (Å²) in [4.78, 5) is 31.2. The number of nitrogens with one attached hydrogen (secondary N) is 1. The Labute approximate surface area is 281 Å². The lowest BCUT2D eigenvalue weighted by Crippen LogP contribution is -2.31. The van der Waals surface area contributed by atoms with Crippen LogP contribution in [0.1, 0.15) is 92.3 Å². The van der Waals surface area contributed by atoms with Crippen LogP contribution >= 0.6 is 31.9 Å². The Kier molecular flexibility index (Phi) is 12.7. The SMILES string of the molecule is Cc1cc2cc(c1)CN(C(=O)CCC(C)C)Cc1cc(Br)cc(c1)CN(C(=O)CCC(C)C)Cc1cc(Br)cc(c1)CNC2. The van der Waals surface area contributed by atoms with Crippen molar-refractivity contribution in [3.63, 3.8) is 0 Å². The molecule has 0 radical (unpaired) electrons. The van der Waals surface area contributed by atoms with Crippen molar-refractivity contribution in [1.82, 2.24) is 15.1 Å². The van der Waals surface area contributed by atoms with Crippen LogP contribution in [0.15, 0.2) is 63.5 Å². The maximum Gasteiger partial charge on any atom is 0.223 e.